The van der Waals surface area contributed by atoms with Crippen LogP contribution in [0.15, 0.2) is 42.6 Å². The SMILES string of the molecule is CN1C(=O)[C@@H](NC(=O)c2n[nH]c(Cc3c(F)cc(F)cc3F)n2)COc2ccc3ncccc3c21. The number of benzene rings is 2. The number of anilines is 1. The van der Waals surface area contributed by atoms with Crippen LogP contribution >= 0.6 is 0 Å². The maximum atomic E-state index is 13.9. The molecule has 3 heterocycles. The van der Waals surface area contributed by atoms with Crippen molar-refractivity contribution in [2.45, 2.75) is 12.5 Å². The van der Waals surface area contributed by atoms with E-state index in [1.807, 2.05) is 6.07 Å². The maximum Gasteiger partial charge on any atom is 0.291 e. The largest absolute Gasteiger partial charge is 0.489 e. The second-order valence-corrected chi connectivity index (χ2v) is 7.85. The van der Waals surface area contributed by atoms with Gasteiger partial charge in [-0.15, -0.1) is 5.10 Å². The zero-order valence-corrected chi connectivity index (χ0v) is 18.2. The molecule has 1 aliphatic heterocycles. The Morgan fingerprint density at radius 2 is 2.00 bits per heavy atom. The van der Waals surface area contributed by atoms with E-state index in [9.17, 15) is 22.8 Å². The van der Waals surface area contributed by atoms with Crippen LogP contribution in [0.3, 0.4) is 0 Å². The summed E-state index contributed by atoms with van der Waals surface area (Å²) in [5, 5.41) is 9.43. The van der Waals surface area contributed by atoms with Crippen LogP contribution in [0.1, 0.15) is 22.0 Å². The van der Waals surface area contributed by atoms with Gasteiger partial charge in [0.25, 0.3) is 11.8 Å². The molecule has 0 saturated carbocycles. The van der Waals surface area contributed by atoms with Crippen molar-refractivity contribution in [3.63, 3.8) is 0 Å². The molecular weight excluding hydrogens is 465 g/mol. The topological polar surface area (TPSA) is 113 Å². The third-order valence-corrected chi connectivity index (χ3v) is 5.58. The maximum absolute atomic E-state index is 13.9. The number of pyridine rings is 1. The summed E-state index contributed by atoms with van der Waals surface area (Å²) in [7, 11) is 1.57. The molecule has 1 atom stereocenters. The van der Waals surface area contributed by atoms with Crippen LogP contribution in [-0.4, -0.2) is 51.7 Å². The molecule has 2 aromatic carbocycles. The molecule has 2 amide bonds. The highest BCUT2D eigenvalue weighted by Gasteiger charge is 2.32. The molecule has 0 fully saturated rings. The number of likely N-dealkylation sites (N-methyl/N-ethyl adjacent to an activating group) is 1. The number of aromatic nitrogens is 4. The second kappa shape index (κ2) is 8.70. The van der Waals surface area contributed by atoms with Crippen molar-refractivity contribution < 1.29 is 27.5 Å². The number of carbonyl (C=O) groups is 2. The Morgan fingerprint density at radius 3 is 2.77 bits per heavy atom. The van der Waals surface area contributed by atoms with Gasteiger partial charge in [0.1, 0.15) is 41.7 Å². The Morgan fingerprint density at radius 1 is 1.23 bits per heavy atom. The normalized spacial score (nSPS) is 15.5. The first-order valence-corrected chi connectivity index (χ1v) is 10.5. The van der Waals surface area contributed by atoms with Gasteiger partial charge in [0.15, 0.2) is 0 Å². The van der Waals surface area contributed by atoms with Gasteiger partial charge in [-0.05, 0) is 24.3 Å². The molecule has 35 heavy (non-hydrogen) atoms. The molecule has 4 aromatic rings. The molecule has 0 radical (unpaired) electrons. The van der Waals surface area contributed by atoms with Gasteiger partial charge in [0, 0.05) is 42.7 Å². The third-order valence-electron chi connectivity index (χ3n) is 5.58. The van der Waals surface area contributed by atoms with E-state index in [4.69, 9.17) is 4.74 Å². The van der Waals surface area contributed by atoms with Crippen LogP contribution in [0.25, 0.3) is 10.9 Å². The van der Waals surface area contributed by atoms with Gasteiger partial charge >= 0.3 is 0 Å². The summed E-state index contributed by atoms with van der Waals surface area (Å²) in [6.45, 7) is -0.142. The van der Waals surface area contributed by atoms with E-state index in [-0.39, 0.29) is 24.7 Å². The molecule has 0 saturated heterocycles. The number of nitrogens with zero attached hydrogens (tertiary/aromatic N) is 4. The lowest BCUT2D eigenvalue weighted by Gasteiger charge is -2.21. The van der Waals surface area contributed by atoms with Crippen LogP contribution in [0.4, 0.5) is 18.9 Å². The summed E-state index contributed by atoms with van der Waals surface area (Å²) < 4.78 is 46.8. The number of H-pyrrole nitrogens is 1. The number of hydrogen-bond acceptors (Lipinski definition) is 6. The Bertz CT molecular complexity index is 1450. The fourth-order valence-electron chi connectivity index (χ4n) is 3.88. The fraction of sp³-hybridized carbons (Fsp3) is 0.174. The summed E-state index contributed by atoms with van der Waals surface area (Å²) in [5.74, 6) is -4.34. The predicted molar refractivity (Wildman–Crippen MR) is 117 cm³/mol. The zero-order chi connectivity index (χ0) is 24.7. The zero-order valence-electron chi connectivity index (χ0n) is 18.2. The average Bonchev–Trinajstić information content (AvgIpc) is 3.27. The van der Waals surface area contributed by atoms with Crippen LogP contribution < -0.4 is 15.0 Å². The first-order chi connectivity index (χ1) is 16.8. The molecule has 12 heteroatoms. The third kappa shape index (κ3) is 4.14. The molecule has 2 N–H and O–H groups in total. The van der Waals surface area contributed by atoms with E-state index in [0.717, 1.165) is 0 Å². The standard InChI is InChI=1S/C23H17F3N6O3/c1-32-20-12-3-2-6-27-16(12)4-5-18(20)35-10-17(23(32)34)28-22(33)21-29-19(30-31-21)9-13-14(25)7-11(24)8-15(13)26/h2-8,17H,9-10H2,1H3,(H,28,33)(H,29,30,31)/t17-/m0/s1. The lowest BCUT2D eigenvalue weighted by molar-refractivity contribution is -0.120. The van der Waals surface area contributed by atoms with Crippen molar-refractivity contribution in [1.82, 2.24) is 25.5 Å². The van der Waals surface area contributed by atoms with E-state index in [1.165, 1.54) is 4.90 Å². The average molecular weight is 482 g/mol. The molecular formula is C23H17F3N6O3. The Kier molecular flexibility index (Phi) is 5.55. The lowest BCUT2D eigenvalue weighted by Crippen LogP contribution is -2.49. The minimum atomic E-state index is -1.09. The molecule has 178 valence electrons. The Balaban J connectivity index is 1.33. The number of fused-ring (bicyclic) bond motifs is 3. The Labute approximate surface area is 195 Å². The van der Waals surface area contributed by atoms with Crippen molar-refractivity contribution >= 4 is 28.4 Å². The van der Waals surface area contributed by atoms with Crippen LogP contribution in [0, 0.1) is 17.5 Å². The van der Waals surface area contributed by atoms with Gasteiger partial charge in [0.2, 0.25) is 5.82 Å². The predicted octanol–water partition coefficient (Wildman–Crippen LogP) is 2.51. The van der Waals surface area contributed by atoms with E-state index in [2.05, 4.69) is 25.5 Å². The monoisotopic (exact) mass is 482 g/mol. The molecule has 0 spiro atoms. The highest BCUT2D eigenvalue weighted by atomic mass is 19.1. The van der Waals surface area contributed by atoms with Crippen LogP contribution in [0.5, 0.6) is 5.75 Å². The molecule has 0 aliphatic carbocycles. The number of nitrogens with one attached hydrogen (secondary N) is 2. The summed E-state index contributed by atoms with van der Waals surface area (Å²) in [4.78, 5) is 35.5. The molecule has 1 aliphatic rings. The molecule has 0 bridgehead atoms. The Hall–Kier alpha value is -4.48. The minimum Gasteiger partial charge on any atom is -0.489 e. The number of rotatable bonds is 4. The summed E-state index contributed by atoms with van der Waals surface area (Å²) in [6.07, 6.45) is 1.25. The van der Waals surface area contributed by atoms with Gasteiger partial charge in [-0.25, -0.2) is 18.2 Å². The minimum absolute atomic E-state index is 0.0218. The van der Waals surface area contributed by atoms with Crippen molar-refractivity contribution in [3.8, 4) is 5.75 Å². The summed E-state index contributed by atoms with van der Waals surface area (Å²) in [6, 6.07) is 7.08. The highest BCUT2D eigenvalue weighted by Crippen LogP contribution is 2.37. The van der Waals surface area contributed by atoms with Crippen molar-refractivity contribution in [2.75, 3.05) is 18.6 Å². The quantitative estimate of drug-likeness (QED) is 0.462. The molecule has 9 nitrogen and oxygen atoms in total. The number of amides is 2. The van der Waals surface area contributed by atoms with E-state index < -0.39 is 40.9 Å². The van der Waals surface area contributed by atoms with Crippen molar-refractivity contribution in [2.24, 2.45) is 0 Å². The first-order valence-electron chi connectivity index (χ1n) is 10.5. The van der Waals surface area contributed by atoms with Gasteiger partial charge in [-0.1, -0.05) is 0 Å². The van der Waals surface area contributed by atoms with Crippen molar-refractivity contribution in [3.05, 3.63) is 77.3 Å². The van der Waals surface area contributed by atoms with Gasteiger partial charge in [0.05, 0.1) is 11.2 Å². The van der Waals surface area contributed by atoms with E-state index >= 15 is 0 Å². The number of ether oxygens (including phenoxy) is 1. The second-order valence-electron chi connectivity index (χ2n) is 7.85. The van der Waals surface area contributed by atoms with E-state index in [0.29, 0.717) is 34.5 Å². The number of aromatic amines is 1. The van der Waals surface area contributed by atoms with E-state index in [1.54, 1.807) is 31.4 Å². The van der Waals surface area contributed by atoms with Gasteiger partial charge < -0.3 is 15.0 Å². The summed E-state index contributed by atoms with van der Waals surface area (Å²) in [5.41, 5.74) is 0.781. The number of carbonyl (C=O) groups excluding carboxylic acids is 2. The van der Waals surface area contributed by atoms with Crippen LogP contribution in [-0.2, 0) is 11.2 Å². The van der Waals surface area contributed by atoms with Crippen molar-refractivity contribution in [1.29, 1.82) is 0 Å². The number of hydrogen-bond donors (Lipinski definition) is 2. The highest BCUT2D eigenvalue weighted by molar-refractivity contribution is 6.08. The van der Waals surface area contributed by atoms with Gasteiger partial charge in [-0.2, -0.15) is 0 Å². The number of halogens is 3. The molecule has 2 aromatic heterocycles. The molecule has 5 rings (SSSR count). The lowest BCUT2D eigenvalue weighted by atomic mass is 10.1. The first kappa shape index (κ1) is 22.3. The van der Waals surface area contributed by atoms with Gasteiger partial charge in [-0.3, -0.25) is 19.7 Å². The van der Waals surface area contributed by atoms with Crippen LogP contribution in [0.2, 0.25) is 0 Å². The summed E-state index contributed by atoms with van der Waals surface area (Å²) >= 11 is 0. The fourth-order valence-corrected chi connectivity index (χ4v) is 3.88. The molecule has 0 unspecified atom stereocenters. The smallest absolute Gasteiger partial charge is 0.291 e.